The number of hydrogen-bond donors (Lipinski definition) is 0. The van der Waals surface area contributed by atoms with Crippen LogP contribution in [0.3, 0.4) is 0 Å². The second-order valence-electron chi connectivity index (χ2n) is 4.66. The van der Waals surface area contributed by atoms with E-state index in [4.69, 9.17) is 13.9 Å². The molecule has 1 aliphatic heterocycles. The van der Waals surface area contributed by atoms with Crippen molar-refractivity contribution in [2.24, 2.45) is 0 Å². The standard InChI is InChI=1S/C16H14O4/c1-9-4-5-11(19-9)8-14-15(17)12-6-7-13(18-3)10(2)16(12)20-14/h4-8H,1-3H3/b14-8-. The Bertz CT molecular complexity index is 722. The Morgan fingerprint density at radius 2 is 1.95 bits per heavy atom. The minimum absolute atomic E-state index is 0.139. The van der Waals surface area contributed by atoms with Gasteiger partial charge in [-0.25, -0.2) is 0 Å². The van der Waals surface area contributed by atoms with E-state index in [1.54, 1.807) is 31.4 Å². The third kappa shape index (κ3) is 1.90. The number of Topliss-reactive ketones (excluding diaryl/α,β-unsaturated/α-hetero) is 1. The highest BCUT2D eigenvalue weighted by Crippen LogP contribution is 2.39. The predicted molar refractivity (Wildman–Crippen MR) is 74.1 cm³/mol. The van der Waals surface area contributed by atoms with Crippen LogP contribution in [0.25, 0.3) is 6.08 Å². The SMILES string of the molecule is COc1ccc2c(c1C)O/C(=C\c1ccc(C)o1)C2=O. The van der Waals surface area contributed by atoms with Gasteiger partial charge in [0.2, 0.25) is 5.78 Å². The molecule has 0 N–H and O–H groups in total. The summed E-state index contributed by atoms with van der Waals surface area (Å²) in [7, 11) is 1.59. The first-order valence-electron chi connectivity index (χ1n) is 6.28. The molecule has 2 aromatic rings. The quantitative estimate of drug-likeness (QED) is 0.783. The fourth-order valence-electron chi connectivity index (χ4n) is 2.25. The lowest BCUT2D eigenvalue weighted by molar-refractivity contribution is 0.101. The van der Waals surface area contributed by atoms with Crippen molar-refractivity contribution in [1.82, 2.24) is 0 Å². The molecular formula is C16H14O4. The van der Waals surface area contributed by atoms with E-state index in [0.717, 1.165) is 11.3 Å². The van der Waals surface area contributed by atoms with E-state index in [1.807, 2.05) is 19.9 Å². The molecule has 2 heterocycles. The van der Waals surface area contributed by atoms with Gasteiger partial charge in [-0.1, -0.05) is 0 Å². The highest BCUT2D eigenvalue weighted by Gasteiger charge is 2.30. The minimum Gasteiger partial charge on any atom is -0.496 e. The molecule has 0 saturated heterocycles. The molecule has 20 heavy (non-hydrogen) atoms. The summed E-state index contributed by atoms with van der Waals surface area (Å²) in [4.78, 5) is 12.3. The van der Waals surface area contributed by atoms with E-state index in [-0.39, 0.29) is 11.5 Å². The van der Waals surface area contributed by atoms with Gasteiger partial charge >= 0.3 is 0 Å². The molecule has 1 aliphatic rings. The number of furan rings is 1. The number of methoxy groups -OCH3 is 1. The van der Waals surface area contributed by atoms with E-state index in [9.17, 15) is 4.79 Å². The lowest BCUT2D eigenvalue weighted by Gasteiger charge is -2.07. The number of allylic oxidation sites excluding steroid dienone is 1. The van der Waals surface area contributed by atoms with Crippen LogP contribution in [0.15, 0.2) is 34.4 Å². The highest BCUT2D eigenvalue weighted by molar-refractivity contribution is 6.14. The van der Waals surface area contributed by atoms with Crippen molar-refractivity contribution in [2.45, 2.75) is 13.8 Å². The van der Waals surface area contributed by atoms with Gasteiger partial charge in [0.05, 0.1) is 12.7 Å². The Hall–Kier alpha value is -2.49. The van der Waals surface area contributed by atoms with E-state index >= 15 is 0 Å². The normalized spacial score (nSPS) is 15.3. The largest absolute Gasteiger partial charge is 0.496 e. The van der Waals surface area contributed by atoms with E-state index in [1.165, 1.54) is 0 Å². The van der Waals surface area contributed by atoms with Gasteiger partial charge in [-0.05, 0) is 38.1 Å². The smallest absolute Gasteiger partial charge is 0.232 e. The number of benzene rings is 1. The summed E-state index contributed by atoms with van der Waals surface area (Å²) >= 11 is 0. The average Bonchev–Trinajstić information content (AvgIpc) is 2.97. The van der Waals surface area contributed by atoms with Crippen LogP contribution >= 0.6 is 0 Å². The molecule has 4 nitrogen and oxygen atoms in total. The maximum atomic E-state index is 12.3. The van der Waals surface area contributed by atoms with Crippen LogP contribution in [-0.4, -0.2) is 12.9 Å². The number of aryl methyl sites for hydroxylation is 1. The van der Waals surface area contributed by atoms with Crippen molar-refractivity contribution >= 4 is 11.9 Å². The zero-order valence-electron chi connectivity index (χ0n) is 11.5. The van der Waals surface area contributed by atoms with Gasteiger partial charge in [0.15, 0.2) is 5.76 Å². The van der Waals surface area contributed by atoms with Crippen molar-refractivity contribution in [1.29, 1.82) is 0 Å². The Morgan fingerprint density at radius 3 is 2.60 bits per heavy atom. The maximum Gasteiger partial charge on any atom is 0.232 e. The van der Waals surface area contributed by atoms with Gasteiger partial charge in [-0.15, -0.1) is 0 Å². The Labute approximate surface area is 116 Å². The average molecular weight is 270 g/mol. The molecule has 0 amide bonds. The molecule has 0 atom stereocenters. The van der Waals surface area contributed by atoms with Gasteiger partial charge in [0.1, 0.15) is 23.0 Å². The Balaban J connectivity index is 2.02. The number of rotatable bonds is 2. The maximum absolute atomic E-state index is 12.3. The van der Waals surface area contributed by atoms with E-state index < -0.39 is 0 Å². The summed E-state index contributed by atoms with van der Waals surface area (Å²) in [6.45, 7) is 3.72. The number of ether oxygens (including phenoxy) is 2. The Kier molecular flexibility index (Phi) is 2.86. The summed E-state index contributed by atoms with van der Waals surface area (Å²) in [5.74, 6) is 2.78. The number of hydrogen-bond acceptors (Lipinski definition) is 4. The highest BCUT2D eigenvalue weighted by atomic mass is 16.5. The minimum atomic E-state index is -0.139. The molecular weight excluding hydrogens is 256 g/mol. The second kappa shape index (κ2) is 4.56. The van der Waals surface area contributed by atoms with E-state index in [0.29, 0.717) is 22.8 Å². The zero-order valence-corrected chi connectivity index (χ0v) is 11.5. The predicted octanol–water partition coefficient (Wildman–Crippen LogP) is 3.52. The summed E-state index contributed by atoms with van der Waals surface area (Å²) in [6.07, 6.45) is 1.61. The number of carbonyl (C=O) groups excluding carboxylic acids is 1. The molecule has 0 saturated carbocycles. The van der Waals surface area contributed by atoms with Gasteiger partial charge in [-0.2, -0.15) is 0 Å². The second-order valence-corrected chi connectivity index (χ2v) is 4.66. The van der Waals surface area contributed by atoms with Crippen molar-refractivity contribution in [3.05, 3.63) is 52.7 Å². The molecule has 0 radical (unpaired) electrons. The van der Waals surface area contributed by atoms with Crippen LogP contribution in [0.5, 0.6) is 11.5 Å². The number of carbonyl (C=O) groups is 1. The zero-order chi connectivity index (χ0) is 14.3. The first-order valence-corrected chi connectivity index (χ1v) is 6.28. The molecule has 0 bridgehead atoms. The summed E-state index contributed by atoms with van der Waals surface area (Å²) < 4.78 is 16.3. The molecule has 0 fully saturated rings. The van der Waals surface area contributed by atoms with Crippen LogP contribution in [0.2, 0.25) is 0 Å². The Morgan fingerprint density at radius 1 is 1.15 bits per heavy atom. The third-order valence-corrected chi connectivity index (χ3v) is 3.29. The van der Waals surface area contributed by atoms with Crippen LogP contribution in [0.4, 0.5) is 0 Å². The first-order chi connectivity index (χ1) is 9.60. The topological polar surface area (TPSA) is 48.7 Å². The van der Waals surface area contributed by atoms with Crippen LogP contribution in [0.1, 0.15) is 27.4 Å². The summed E-state index contributed by atoms with van der Waals surface area (Å²) in [5, 5.41) is 0. The number of fused-ring (bicyclic) bond motifs is 1. The summed E-state index contributed by atoms with van der Waals surface area (Å²) in [6, 6.07) is 7.13. The van der Waals surface area contributed by atoms with Crippen molar-refractivity contribution < 1.29 is 18.7 Å². The van der Waals surface area contributed by atoms with Gasteiger partial charge in [-0.3, -0.25) is 4.79 Å². The van der Waals surface area contributed by atoms with Crippen LogP contribution < -0.4 is 9.47 Å². The molecule has 102 valence electrons. The molecule has 1 aromatic carbocycles. The molecule has 4 heteroatoms. The van der Waals surface area contributed by atoms with Crippen molar-refractivity contribution in [3.8, 4) is 11.5 Å². The van der Waals surface area contributed by atoms with Gasteiger partial charge < -0.3 is 13.9 Å². The monoisotopic (exact) mass is 270 g/mol. The van der Waals surface area contributed by atoms with Crippen LogP contribution in [-0.2, 0) is 0 Å². The molecule has 0 aliphatic carbocycles. The van der Waals surface area contributed by atoms with Crippen molar-refractivity contribution in [3.63, 3.8) is 0 Å². The fourth-order valence-corrected chi connectivity index (χ4v) is 2.25. The summed E-state index contributed by atoms with van der Waals surface area (Å²) in [5.41, 5.74) is 1.37. The number of ketones is 1. The molecule has 0 unspecified atom stereocenters. The van der Waals surface area contributed by atoms with Gasteiger partial charge in [0.25, 0.3) is 0 Å². The lowest BCUT2D eigenvalue weighted by Crippen LogP contribution is -1.97. The molecule has 0 spiro atoms. The molecule has 1 aromatic heterocycles. The van der Waals surface area contributed by atoms with Crippen molar-refractivity contribution in [2.75, 3.05) is 7.11 Å². The van der Waals surface area contributed by atoms with Crippen LogP contribution in [0, 0.1) is 13.8 Å². The molecule has 3 rings (SSSR count). The van der Waals surface area contributed by atoms with E-state index in [2.05, 4.69) is 0 Å². The van der Waals surface area contributed by atoms with Gasteiger partial charge in [0, 0.05) is 11.6 Å². The third-order valence-electron chi connectivity index (χ3n) is 3.29. The first kappa shape index (κ1) is 12.5. The fraction of sp³-hybridized carbons (Fsp3) is 0.188. The lowest BCUT2D eigenvalue weighted by atomic mass is 10.1.